The molecule has 0 aliphatic carbocycles. The number of benzene rings is 2. The highest BCUT2D eigenvalue weighted by molar-refractivity contribution is 5.98. The van der Waals surface area contributed by atoms with Crippen LogP contribution in [0.4, 0.5) is 5.69 Å². The molecule has 2 aromatic carbocycles. The highest BCUT2D eigenvalue weighted by Gasteiger charge is 2.22. The number of aryl methyl sites for hydroxylation is 1. The quantitative estimate of drug-likeness (QED) is 0.384. The van der Waals surface area contributed by atoms with Crippen molar-refractivity contribution in [3.05, 3.63) is 47.7 Å². The van der Waals surface area contributed by atoms with E-state index in [-0.39, 0.29) is 18.8 Å². The molecule has 6 N–H and O–H groups in total. The minimum atomic E-state index is -0.824. The van der Waals surface area contributed by atoms with Crippen molar-refractivity contribution in [1.82, 2.24) is 5.16 Å². The fourth-order valence-electron chi connectivity index (χ4n) is 3.37. The van der Waals surface area contributed by atoms with E-state index in [2.05, 4.69) is 16.2 Å². The first-order chi connectivity index (χ1) is 15.2. The molecule has 2 amide bonds. The molecule has 10 heteroatoms. The number of quaternary nitrogens is 1. The van der Waals surface area contributed by atoms with E-state index in [1.165, 1.54) is 7.11 Å². The van der Waals surface area contributed by atoms with Gasteiger partial charge in [-0.05, 0) is 54.8 Å². The number of aromatic nitrogens is 1. The van der Waals surface area contributed by atoms with Crippen LogP contribution in [0.3, 0.4) is 0 Å². The number of methoxy groups -OCH3 is 2. The number of amides is 2. The summed E-state index contributed by atoms with van der Waals surface area (Å²) in [6, 6.07) is 8.40. The van der Waals surface area contributed by atoms with Crippen LogP contribution in [0.5, 0.6) is 11.5 Å². The molecule has 0 fully saturated rings. The molecule has 33 heavy (non-hydrogen) atoms. The molecule has 1 heterocycles. The Morgan fingerprint density at radius 1 is 1.12 bits per heavy atom. The summed E-state index contributed by atoms with van der Waals surface area (Å²) < 4.78 is 16.4. The van der Waals surface area contributed by atoms with Gasteiger partial charge in [0, 0.05) is 11.1 Å². The maximum absolute atomic E-state index is 12.5. The number of ether oxygens (including phenoxy) is 2. The molecule has 3 rings (SSSR count). The van der Waals surface area contributed by atoms with E-state index in [1.807, 2.05) is 32.0 Å². The van der Waals surface area contributed by atoms with E-state index in [9.17, 15) is 9.59 Å². The Morgan fingerprint density at radius 2 is 1.82 bits per heavy atom. The van der Waals surface area contributed by atoms with Gasteiger partial charge in [0.15, 0.2) is 11.8 Å². The summed E-state index contributed by atoms with van der Waals surface area (Å²) in [7, 11) is 3.13. The number of halogens is 1. The number of nitrogens with one attached hydrogen (secondary N) is 1. The first kappa shape index (κ1) is 25.7. The average molecular weight is 475 g/mol. The smallest absolute Gasteiger partial charge is 0.283 e. The molecule has 0 spiro atoms. The Labute approximate surface area is 197 Å². The van der Waals surface area contributed by atoms with Gasteiger partial charge in [0.2, 0.25) is 5.91 Å². The van der Waals surface area contributed by atoms with Gasteiger partial charge in [0.05, 0.1) is 32.5 Å². The maximum Gasteiger partial charge on any atom is 0.283 e. The van der Waals surface area contributed by atoms with Crippen LogP contribution in [0.25, 0.3) is 22.5 Å². The van der Waals surface area contributed by atoms with Crippen molar-refractivity contribution >= 4 is 17.5 Å². The minimum absolute atomic E-state index is 0. The summed E-state index contributed by atoms with van der Waals surface area (Å²) in [6.45, 7) is 3.99. The fraction of sp³-hybridized carbons (Fsp3) is 0.261. The number of primary amides is 1. The van der Waals surface area contributed by atoms with Crippen LogP contribution in [0, 0.1) is 13.8 Å². The van der Waals surface area contributed by atoms with Crippen LogP contribution in [0.15, 0.2) is 41.1 Å². The molecule has 3 aromatic rings. The Bertz CT molecular complexity index is 1160. The molecule has 0 saturated heterocycles. The second-order valence-electron chi connectivity index (χ2n) is 7.46. The SMILES string of the molecule is COc1ccc(-c2cnoc2-c2cc(C)c(C)c(OC)c2)cc1NC(=O)C([NH3+])CC(N)=O.[Cl-]. The molecule has 0 aliphatic heterocycles. The van der Waals surface area contributed by atoms with Gasteiger partial charge in [0.25, 0.3) is 5.91 Å². The minimum Gasteiger partial charge on any atom is -1.00 e. The summed E-state index contributed by atoms with van der Waals surface area (Å²) in [6.07, 6.45) is 1.46. The van der Waals surface area contributed by atoms with Crippen molar-refractivity contribution in [2.45, 2.75) is 26.3 Å². The van der Waals surface area contributed by atoms with Crippen LogP contribution in [0.2, 0.25) is 0 Å². The van der Waals surface area contributed by atoms with Crippen LogP contribution in [-0.4, -0.2) is 37.2 Å². The van der Waals surface area contributed by atoms with Gasteiger partial charge >= 0.3 is 0 Å². The first-order valence-corrected chi connectivity index (χ1v) is 9.96. The normalized spacial score (nSPS) is 11.3. The van der Waals surface area contributed by atoms with E-state index in [0.717, 1.165) is 33.6 Å². The Morgan fingerprint density at radius 3 is 2.45 bits per heavy atom. The first-order valence-electron chi connectivity index (χ1n) is 9.96. The van der Waals surface area contributed by atoms with Crippen molar-refractivity contribution in [3.8, 4) is 33.9 Å². The maximum atomic E-state index is 12.5. The van der Waals surface area contributed by atoms with Gasteiger partial charge in [-0.15, -0.1) is 0 Å². The third kappa shape index (κ3) is 5.63. The van der Waals surface area contributed by atoms with E-state index < -0.39 is 17.9 Å². The number of hydrogen-bond donors (Lipinski definition) is 3. The lowest BCUT2D eigenvalue weighted by molar-refractivity contribution is -0.401. The summed E-state index contributed by atoms with van der Waals surface area (Å²) >= 11 is 0. The predicted octanol–water partition coefficient (Wildman–Crippen LogP) is -0.929. The summed E-state index contributed by atoms with van der Waals surface area (Å²) in [5, 5.41) is 6.74. The number of carbonyl (C=O) groups is 2. The number of rotatable bonds is 8. The zero-order valence-electron chi connectivity index (χ0n) is 18.9. The van der Waals surface area contributed by atoms with Gasteiger partial charge < -0.3 is 43.2 Å². The largest absolute Gasteiger partial charge is 1.00 e. The number of hydrogen-bond acceptors (Lipinski definition) is 6. The lowest BCUT2D eigenvalue weighted by atomic mass is 9.98. The third-order valence-corrected chi connectivity index (χ3v) is 5.26. The van der Waals surface area contributed by atoms with Crippen molar-refractivity contribution < 1.29 is 41.7 Å². The molecule has 0 bridgehead atoms. The molecule has 0 saturated carbocycles. The van der Waals surface area contributed by atoms with E-state index in [4.69, 9.17) is 19.7 Å². The van der Waals surface area contributed by atoms with Crippen LogP contribution < -0.4 is 38.7 Å². The molecule has 0 radical (unpaired) electrons. The Kier molecular flexibility index (Phi) is 8.44. The Balaban J connectivity index is 0.00000385. The fourth-order valence-corrected chi connectivity index (χ4v) is 3.37. The molecule has 0 aliphatic rings. The number of nitrogens with two attached hydrogens (primary N) is 1. The van der Waals surface area contributed by atoms with Crippen LogP contribution in [-0.2, 0) is 9.59 Å². The molecular weight excluding hydrogens is 448 g/mol. The van der Waals surface area contributed by atoms with E-state index in [1.54, 1.807) is 25.4 Å². The second kappa shape index (κ2) is 10.8. The van der Waals surface area contributed by atoms with Gasteiger partial charge in [0.1, 0.15) is 11.5 Å². The van der Waals surface area contributed by atoms with Gasteiger partial charge in [-0.3, -0.25) is 9.59 Å². The summed E-state index contributed by atoms with van der Waals surface area (Å²) in [4.78, 5) is 23.6. The van der Waals surface area contributed by atoms with Gasteiger partial charge in [-0.2, -0.15) is 0 Å². The monoisotopic (exact) mass is 474 g/mol. The van der Waals surface area contributed by atoms with Gasteiger partial charge in [-0.25, -0.2) is 0 Å². The summed E-state index contributed by atoms with van der Waals surface area (Å²) in [5.41, 5.74) is 13.7. The molecule has 176 valence electrons. The van der Waals surface area contributed by atoms with E-state index >= 15 is 0 Å². The van der Waals surface area contributed by atoms with Crippen molar-refractivity contribution in [2.75, 3.05) is 19.5 Å². The predicted molar refractivity (Wildman–Crippen MR) is 119 cm³/mol. The molecule has 1 atom stereocenters. The average Bonchev–Trinajstić information content (AvgIpc) is 3.25. The zero-order chi connectivity index (χ0) is 23.4. The van der Waals surface area contributed by atoms with Crippen LogP contribution >= 0.6 is 0 Å². The van der Waals surface area contributed by atoms with Crippen molar-refractivity contribution in [1.29, 1.82) is 0 Å². The van der Waals surface area contributed by atoms with Crippen LogP contribution in [0.1, 0.15) is 17.5 Å². The molecular formula is C23H27ClN4O5. The van der Waals surface area contributed by atoms with E-state index in [0.29, 0.717) is 17.2 Å². The number of carbonyl (C=O) groups excluding carboxylic acids is 2. The molecule has 1 aromatic heterocycles. The lowest BCUT2D eigenvalue weighted by Gasteiger charge is -2.14. The summed E-state index contributed by atoms with van der Waals surface area (Å²) in [5.74, 6) is 0.736. The third-order valence-electron chi connectivity index (χ3n) is 5.26. The van der Waals surface area contributed by atoms with Crippen molar-refractivity contribution in [2.24, 2.45) is 5.73 Å². The number of nitrogens with zero attached hydrogens (tertiary/aromatic N) is 1. The van der Waals surface area contributed by atoms with Crippen molar-refractivity contribution in [3.63, 3.8) is 0 Å². The lowest BCUT2D eigenvalue weighted by Crippen LogP contribution is -3.00. The van der Waals surface area contributed by atoms with Gasteiger partial charge in [-0.1, -0.05) is 11.2 Å². The topological polar surface area (TPSA) is 144 Å². The Hall–Kier alpha value is -3.56. The number of anilines is 1. The second-order valence-corrected chi connectivity index (χ2v) is 7.46. The molecule has 1 unspecified atom stereocenters. The molecule has 9 nitrogen and oxygen atoms in total. The standard InChI is InChI=1S/C23H26N4O5.ClH/c1-12-7-15(9-20(31-4)13(12)2)22-16(11-26-32-22)14-5-6-19(30-3)18(8-14)27-23(29)17(24)10-21(25)28;/h5-9,11,17H,10,24H2,1-4H3,(H2,25,28)(H,27,29);1H. The highest BCUT2D eigenvalue weighted by Crippen LogP contribution is 2.38. The highest BCUT2D eigenvalue weighted by atomic mass is 35.5. The zero-order valence-corrected chi connectivity index (χ0v) is 19.7.